The molecule has 4 aromatic carbocycles. The normalized spacial score (nSPS) is 16.9. The summed E-state index contributed by atoms with van der Waals surface area (Å²) < 4.78 is 13.1. The zero-order valence-electron chi connectivity index (χ0n) is 29.7. The van der Waals surface area contributed by atoms with E-state index in [9.17, 15) is 14.7 Å². The molecule has 1 aromatic heterocycles. The number of aliphatic hydroxyl groups is 1. The molecule has 0 spiro atoms. The van der Waals surface area contributed by atoms with Gasteiger partial charge >= 0.3 is 0 Å². The Morgan fingerprint density at radius 2 is 1.51 bits per heavy atom. The number of pyridine rings is 1. The summed E-state index contributed by atoms with van der Waals surface area (Å²) in [6, 6.07) is 37.3. The second-order valence-corrected chi connectivity index (χ2v) is 14.1. The molecule has 3 unspecified atom stereocenters. The minimum absolute atomic E-state index is 0.00170. The average molecular weight is 731 g/mol. The molecule has 1 saturated heterocycles. The van der Waals surface area contributed by atoms with E-state index >= 15 is 0 Å². The number of carbonyl (C=O) groups excluding carboxylic acids is 2. The molecule has 0 aliphatic carbocycles. The van der Waals surface area contributed by atoms with Gasteiger partial charge in [-0.3, -0.25) is 9.59 Å². The van der Waals surface area contributed by atoms with Gasteiger partial charge in [0.05, 0.1) is 35.2 Å². The number of hydrogen-bond donors (Lipinski definition) is 4. The number of benzene rings is 4. The first-order chi connectivity index (χ1) is 25.9. The summed E-state index contributed by atoms with van der Waals surface area (Å²) in [6.45, 7) is 0.414. The molecule has 1 fully saturated rings. The van der Waals surface area contributed by atoms with Gasteiger partial charge in [0.15, 0.2) is 6.29 Å². The van der Waals surface area contributed by atoms with Gasteiger partial charge in [0.2, 0.25) is 11.8 Å². The Morgan fingerprint density at radius 3 is 2.26 bits per heavy atom. The summed E-state index contributed by atoms with van der Waals surface area (Å²) in [6.07, 6.45) is 4.69. The fourth-order valence-electron chi connectivity index (χ4n) is 6.26. The number of rotatable bonds is 16. The van der Waals surface area contributed by atoms with Crippen LogP contribution >= 0.6 is 11.8 Å². The topological polar surface area (TPSA) is 136 Å². The van der Waals surface area contributed by atoms with Crippen LogP contribution in [-0.2, 0) is 32.2 Å². The lowest BCUT2D eigenvalue weighted by molar-refractivity contribution is -0.245. The van der Waals surface area contributed by atoms with Crippen molar-refractivity contribution in [3.05, 3.63) is 144 Å². The van der Waals surface area contributed by atoms with Crippen LogP contribution in [0.15, 0.2) is 126 Å². The number of hydrogen-bond acceptors (Lipinski definition) is 8. The highest BCUT2D eigenvalue weighted by atomic mass is 32.2. The Bertz CT molecular complexity index is 1920. The predicted molar refractivity (Wildman–Crippen MR) is 210 cm³/mol. The predicted octanol–water partition coefficient (Wildman–Crippen LogP) is 8.37. The van der Waals surface area contributed by atoms with Crippen LogP contribution in [0.25, 0.3) is 11.1 Å². The van der Waals surface area contributed by atoms with Crippen LogP contribution in [-0.4, -0.2) is 33.8 Å². The molecule has 2 amide bonds. The van der Waals surface area contributed by atoms with Crippen molar-refractivity contribution in [2.45, 2.75) is 75.2 Å². The highest BCUT2D eigenvalue weighted by Gasteiger charge is 2.32. The second-order valence-electron chi connectivity index (χ2n) is 13.1. The fraction of sp³-hybridized carbons (Fsp3) is 0.279. The van der Waals surface area contributed by atoms with Gasteiger partial charge in [-0.25, -0.2) is 4.98 Å². The lowest BCUT2D eigenvalue weighted by Gasteiger charge is -2.36. The van der Waals surface area contributed by atoms with Crippen molar-refractivity contribution < 1.29 is 24.2 Å². The van der Waals surface area contributed by atoms with Crippen molar-refractivity contribution in [2.24, 2.45) is 0 Å². The zero-order valence-corrected chi connectivity index (χ0v) is 30.5. The number of nitrogens with zero attached hydrogens (tertiary/aromatic N) is 1. The van der Waals surface area contributed by atoms with Gasteiger partial charge in [0.25, 0.3) is 0 Å². The van der Waals surface area contributed by atoms with Crippen LogP contribution in [0.3, 0.4) is 0 Å². The highest BCUT2D eigenvalue weighted by molar-refractivity contribution is 7.99. The Labute approximate surface area is 315 Å². The van der Waals surface area contributed by atoms with Gasteiger partial charge in [-0.15, -0.1) is 11.8 Å². The number of anilines is 2. The molecule has 0 bridgehead atoms. The Morgan fingerprint density at radius 1 is 0.792 bits per heavy atom. The molecule has 0 saturated carbocycles. The number of ether oxygens (including phenoxy) is 2. The maximum atomic E-state index is 12.7. The number of para-hydroxylation sites is 2. The SMILES string of the molecule is Nc1ccccc1NC(=O)CCCCCC(=O)NCc1ccccc1-c1ccc(C2OC(CSc3ccccn3)CC(c3ccc(CO)cc3)O2)cc1. The van der Waals surface area contributed by atoms with Crippen LogP contribution in [0.4, 0.5) is 11.4 Å². The molecular weight excluding hydrogens is 685 g/mol. The van der Waals surface area contributed by atoms with Crippen LogP contribution < -0.4 is 16.4 Å². The maximum absolute atomic E-state index is 12.7. The highest BCUT2D eigenvalue weighted by Crippen LogP contribution is 2.40. The van der Waals surface area contributed by atoms with E-state index in [1.54, 1.807) is 30.1 Å². The van der Waals surface area contributed by atoms with Gasteiger partial charge in [0.1, 0.15) is 0 Å². The van der Waals surface area contributed by atoms with E-state index in [-0.39, 0.29) is 30.6 Å². The fourth-order valence-corrected chi connectivity index (χ4v) is 7.14. The number of aromatic nitrogens is 1. The van der Waals surface area contributed by atoms with Crippen LogP contribution in [0.2, 0.25) is 0 Å². The van der Waals surface area contributed by atoms with Gasteiger partial charge < -0.3 is 30.9 Å². The summed E-state index contributed by atoms with van der Waals surface area (Å²) in [7, 11) is 0. The first-order valence-electron chi connectivity index (χ1n) is 18.1. The van der Waals surface area contributed by atoms with E-state index in [4.69, 9.17) is 15.2 Å². The number of nitrogens with two attached hydrogens (primary N) is 1. The van der Waals surface area contributed by atoms with E-state index in [0.717, 1.165) is 50.6 Å². The maximum Gasteiger partial charge on any atom is 0.224 e. The average Bonchev–Trinajstić information content (AvgIpc) is 3.20. The summed E-state index contributed by atoms with van der Waals surface area (Å²) in [5.41, 5.74) is 13.0. The van der Waals surface area contributed by atoms with E-state index < -0.39 is 6.29 Å². The minimum atomic E-state index is -0.554. The molecule has 5 aromatic rings. The van der Waals surface area contributed by atoms with Crippen LogP contribution in [0, 0.1) is 0 Å². The monoisotopic (exact) mass is 730 g/mol. The zero-order chi connectivity index (χ0) is 36.8. The van der Waals surface area contributed by atoms with Crippen LogP contribution in [0.1, 0.15) is 73.2 Å². The standard InChI is InChI=1S/C43H46N4O5S/c44-37-12-6-7-13-38(37)47-41(50)15-3-1-2-14-40(49)46-27-34-10-4-5-11-36(34)31-21-23-33(24-22-31)43-51-35(29-53-42-16-8-9-25-45-42)26-39(52-43)32-19-17-30(28-48)18-20-32/h4-13,16-25,35,39,43,48H,1-3,14-15,26-29,44H2,(H,46,49)(H,47,50). The Balaban J connectivity index is 1.02. The molecule has 1 aliphatic heterocycles. The molecule has 274 valence electrons. The molecule has 0 radical (unpaired) electrons. The molecule has 9 nitrogen and oxygen atoms in total. The van der Waals surface area contributed by atoms with E-state index in [1.807, 2.05) is 84.9 Å². The quantitative estimate of drug-likeness (QED) is 0.0452. The summed E-state index contributed by atoms with van der Waals surface area (Å²) in [5.74, 6) is 0.644. The van der Waals surface area contributed by atoms with E-state index in [1.165, 1.54) is 0 Å². The van der Waals surface area contributed by atoms with Gasteiger partial charge in [-0.05, 0) is 64.9 Å². The third kappa shape index (κ3) is 11.0. The van der Waals surface area contributed by atoms with Crippen LogP contribution in [0.5, 0.6) is 0 Å². The number of amides is 2. The number of thioether (sulfide) groups is 1. The second kappa shape index (κ2) is 19.2. The molecule has 6 rings (SSSR count). The number of aliphatic hydroxyl groups excluding tert-OH is 1. The Kier molecular flexibility index (Phi) is 13.7. The third-order valence-electron chi connectivity index (χ3n) is 9.20. The number of nitrogen functional groups attached to an aromatic ring is 1. The Hall–Kier alpha value is -5.00. The van der Waals surface area contributed by atoms with Crippen molar-refractivity contribution in [2.75, 3.05) is 16.8 Å². The molecule has 10 heteroatoms. The first kappa shape index (κ1) is 37.7. The molecule has 5 N–H and O–H groups in total. The first-order valence-corrected chi connectivity index (χ1v) is 19.1. The van der Waals surface area contributed by atoms with E-state index in [2.05, 4.69) is 33.8 Å². The molecular formula is C43H46N4O5S. The van der Waals surface area contributed by atoms with Gasteiger partial charge in [-0.1, -0.05) is 97.4 Å². The van der Waals surface area contributed by atoms with Crippen molar-refractivity contribution in [1.29, 1.82) is 0 Å². The molecule has 1 aliphatic rings. The number of nitrogens with one attached hydrogen (secondary N) is 2. The largest absolute Gasteiger partial charge is 0.397 e. The van der Waals surface area contributed by atoms with Crippen molar-refractivity contribution in [1.82, 2.24) is 10.3 Å². The number of unbranched alkanes of at least 4 members (excludes halogenated alkanes) is 2. The smallest absolute Gasteiger partial charge is 0.224 e. The van der Waals surface area contributed by atoms with Gasteiger partial charge in [0, 0.05) is 43.3 Å². The number of carbonyl (C=O) groups is 2. The van der Waals surface area contributed by atoms with Gasteiger partial charge in [-0.2, -0.15) is 0 Å². The summed E-state index contributed by atoms with van der Waals surface area (Å²) >= 11 is 1.67. The van der Waals surface area contributed by atoms with Crippen molar-refractivity contribution >= 4 is 35.0 Å². The molecule has 2 heterocycles. The lowest BCUT2D eigenvalue weighted by atomic mass is 9.97. The molecule has 3 atom stereocenters. The third-order valence-corrected chi connectivity index (χ3v) is 10.3. The summed E-state index contributed by atoms with van der Waals surface area (Å²) in [4.78, 5) is 29.5. The van der Waals surface area contributed by atoms with Crippen molar-refractivity contribution in [3.8, 4) is 11.1 Å². The lowest BCUT2D eigenvalue weighted by Crippen LogP contribution is -2.31. The van der Waals surface area contributed by atoms with Crippen molar-refractivity contribution in [3.63, 3.8) is 0 Å². The minimum Gasteiger partial charge on any atom is -0.397 e. The molecule has 53 heavy (non-hydrogen) atoms. The summed E-state index contributed by atoms with van der Waals surface area (Å²) in [5, 5.41) is 16.4. The van der Waals surface area contributed by atoms with E-state index in [0.29, 0.717) is 50.0 Å².